The zero-order valence-electron chi connectivity index (χ0n) is 25.0. The van der Waals surface area contributed by atoms with E-state index in [1.165, 1.54) is 18.1 Å². The number of nitrogens with zero attached hydrogens (tertiary/aromatic N) is 2. The normalized spacial score (nSPS) is 18.6. The molecule has 0 radical (unpaired) electrons. The van der Waals surface area contributed by atoms with Crippen LogP contribution in [0.1, 0.15) is 64.8 Å². The number of esters is 1. The van der Waals surface area contributed by atoms with Gasteiger partial charge in [-0.2, -0.15) is 0 Å². The minimum atomic E-state index is -1.08. The standard InChI is InChI=1S/C33H34N2O8S/c1-6-8-14-41-24-12-9-20(17-25(24)40-5)27-26(28(36)21-10-11-23-22(16-21)15-18(3)43-23)29(37)31(38)35(27)33-34-19(4)30(44-33)32(39)42-13-7-2/h7,9-12,16-18,27,36H,2,6,8,13-15H2,1,3-5H3. The SMILES string of the molecule is C=CCOC(=O)c1sc(N2C(=O)C(=O)C(=C(O)c3ccc4c(c3)CC(C)O4)C2c2ccc(OCCCC)c(OC)c2)nc1C. The van der Waals surface area contributed by atoms with Gasteiger partial charge in [-0.15, -0.1) is 0 Å². The van der Waals surface area contributed by atoms with E-state index in [1.54, 1.807) is 43.3 Å². The van der Waals surface area contributed by atoms with Crippen molar-refractivity contribution in [2.75, 3.05) is 25.2 Å². The lowest BCUT2D eigenvalue weighted by Crippen LogP contribution is -2.29. The van der Waals surface area contributed by atoms with E-state index in [2.05, 4.69) is 18.5 Å². The Labute approximate surface area is 259 Å². The smallest absolute Gasteiger partial charge is 0.350 e. The lowest BCUT2D eigenvalue weighted by Gasteiger charge is -2.24. The summed E-state index contributed by atoms with van der Waals surface area (Å²) in [7, 11) is 1.50. The summed E-state index contributed by atoms with van der Waals surface area (Å²) in [6.45, 7) is 9.69. The summed E-state index contributed by atoms with van der Waals surface area (Å²) in [6.07, 6.45) is 3.89. The third-order valence-corrected chi connectivity index (χ3v) is 8.52. The van der Waals surface area contributed by atoms with Crippen molar-refractivity contribution >= 4 is 39.9 Å². The van der Waals surface area contributed by atoms with Crippen molar-refractivity contribution in [2.45, 2.75) is 52.2 Å². The number of Topliss-reactive ketones (excluding diaryl/α,β-unsaturated/α-hetero) is 1. The van der Waals surface area contributed by atoms with E-state index in [0.717, 1.165) is 29.7 Å². The molecule has 1 fully saturated rings. The van der Waals surface area contributed by atoms with Crippen molar-refractivity contribution in [1.29, 1.82) is 0 Å². The lowest BCUT2D eigenvalue weighted by atomic mass is 9.94. The molecule has 0 spiro atoms. The molecule has 44 heavy (non-hydrogen) atoms. The average molecular weight is 619 g/mol. The molecule has 5 rings (SSSR count). The van der Waals surface area contributed by atoms with Gasteiger partial charge in [0, 0.05) is 12.0 Å². The topological polar surface area (TPSA) is 124 Å². The minimum absolute atomic E-state index is 0.00703. The number of aliphatic hydroxyl groups excluding tert-OH is 1. The molecule has 1 saturated heterocycles. The predicted octanol–water partition coefficient (Wildman–Crippen LogP) is 5.93. The van der Waals surface area contributed by atoms with E-state index < -0.39 is 23.7 Å². The van der Waals surface area contributed by atoms with E-state index in [-0.39, 0.29) is 34.1 Å². The summed E-state index contributed by atoms with van der Waals surface area (Å²) >= 11 is 0.929. The van der Waals surface area contributed by atoms with Crippen molar-refractivity contribution in [3.05, 3.63) is 81.9 Å². The maximum atomic E-state index is 13.7. The first-order valence-electron chi connectivity index (χ1n) is 14.4. The van der Waals surface area contributed by atoms with Crippen LogP contribution in [0.5, 0.6) is 17.2 Å². The second kappa shape index (κ2) is 12.9. The highest BCUT2D eigenvalue weighted by molar-refractivity contribution is 7.17. The van der Waals surface area contributed by atoms with E-state index in [9.17, 15) is 19.5 Å². The number of aryl methyl sites for hydroxylation is 1. The molecule has 3 aromatic rings. The summed E-state index contributed by atoms with van der Waals surface area (Å²) < 4.78 is 22.5. The van der Waals surface area contributed by atoms with Crippen LogP contribution in [0, 0.1) is 6.92 Å². The Morgan fingerprint density at radius 2 is 2.02 bits per heavy atom. The zero-order chi connectivity index (χ0) is 31.5. The monoisotopic (exact) mass is 618 g/mol. The molecule has 10 nitrogen and oxygen atoms in total. The molecule has 1 N–H and O–H groups in total. The number of ether oxygens (including phenoxy) is 4. The highest BCUT2D eigenvalue weighted by atomic mass is 32.1. The van der Waals surface area contributed by atoms with Crippen molar-refractivity contribution < 1.29 is 38.4 Å². The van der Waals surface area contributed by atoms with Gasteiger partial charge < -0.3 is 24.1 Å². The number of rotatable bonds is 11. The molecular formula is C33H34N2O8S. The number of thiazole rings is 1. The number of amides is 1. The summed E-state index contributed by atoms with van der Waals surface area (Å²) in [5, 5.41) is 11.8. The van der Waals surface area contributed by atoms with Crippen LogP contribution in [0.2, 0.25) is 0 Å². The highest BCUT2D eigenvalue weighted by Gasteiger charge is 2.49. The Bertz CT molecular complexity index is 1660. The van der Waals surface area contributed by atoms with Gasteiger partial charge in [-0.25, -0.2) is 9.78 Å². The van der Waals surface area contributed by atoms with Gasteiger partial charge >= 0.3 is 11.9 Å². The number of benzene rings is 2. The van der Waals surface area contributed by atoms with Gasteiger partial charge in [0.1, 0.15) is 29.1 Å². The predicted molar refractivity (Wildman–Crippen MR) is 166 cm³/mol. The van der Waals surface area contributed by atoms with Crippen LogP contribution in [0.3, 0.4) is 0 Å². The average Bonchev–Trinajstić information content (AvgIpc) is 3.67. The summed E-state index contributed by atoms with van der Waals surface area (Å²) in [4.78, 5) is 46.0. The summed E-state index contributed by atoms with van der Waals surface area (Å²) in [5.41, 5.74) is 1.96. The van der Waals surface area contributed by atoms with Gasteiger partial charge in [-0.05, 0) is 61.7 Å². The number of hydrogen-bond acceptors (Lipinski definition) is 10. The molecule has 0 saturated carbocycles. The molecule has 230 valence electrons. The molecule has 11 heteroatoms. The first kappa shape index (κ1) is 30.8. The van der Waals surface area contributed by atoms with Crippen molar-refractivity contribution in [3.63, 3.8) is 0 Å². The lowest BCUT2D eigenvalue weighted by molar-refractivity contribution is -0.132. The van der Waals surface area contributed by atoms with Crippen LogP contribution >= 0.6 is 11.3 Å². The fourth-order valence-electron chi connectivity index (χ4n) is 5.24. The number of anilines is 1. The van der Waals surface area contributed by atoms with Crippen LogP contribution in [0.15, 0.2) is 54.6 Å². The zero-order valence-corrected chi connectivity index (χ0v) is 25.9. The van der Waals surface area contributed by atoms with Crippen LogP contribution in [0.4, 0.5) is 5.13 Å². The molecule has 1 amide bonds. The largest absolute Gasteiger partial charge is 0.507 e. The molecule has 1 aromatic heterocycles. The molecule has 3 heterocycles. The van der Waals surface area contributed by atoms with E-state index >= 15 is 0 Å². The maximum absolute atomic E-state index is 13.7. The first-order chi connectivity index (χ1) is 21.2. The quantitative estimate of drug-likeness (QED) is 0.0695. The molecular weight excluding hydrogens is 584 g/mol. The number of carbonyl (C=O) groups excluding carboxylic acids is 3. The minimum Gasteiger partial charge on any atom is -0.507 e. The third kappa shape index (κ3) is 5.79. The van der Waals surface area contributed by atoms with Crippen LogP contribution in [-0.4, -0.2) is 54.2 Å². The fraction of sp³-hybridized carbons (Fsp3) is 0.333. The number of methoxy groups -OCH3 is 1. The second-order valence-corrected chi connectivity index (χ2v) is 11.5. The van der Waals surface area contributed by atoms with E-state index in [1.807, 2.05) is 6.92 Å². The first-order valence-corrected chi connectivity index (χ1v) is 15.2. The Balaban J connectivity index is 1.65. The number of hydrogen-bond donors (Lipinski definition) is 1. The molecule has 2 aliphatic heterocycles. The van der Waals surface area contributed by atoms with Crippen LogP contribution < -0.4 is 19.1 Å². The second-order valence-electron chi connectivity index (χ2n) is 10.5. The summed E-state index contributed by atoms with van der Waals surface area (Å²) in [6, 6.07) is 9.20. The van der Waals surface area contributed by atoms with Gasteiger partial charge in [-0.3, -0.25) is 14.5 Å². The molecule has 2 atom stereocenters. The number of unbranched alkanes of at least 4 members (excludes halogenated alkanes) is 1. The van der Waals surface area contributed by atoms with Crippen molar-refractivity contribution in [1.82, 2.24) is 4.98 Å². The fourth-order valence-corrected chi connectivity index (χ4v) is 6.23. The van der Waals surface area contributed by atoms with Crippen molar-refractivity contribution in [2.24, 2.45) is 0 Å². The Morgan fingerprint density at radius 3 is 2.75 bits per heavy atom. The van der Waals surface area contributed by atoms with E-state index in [4.69, 9.17) is 18.9 Å². The van der Waals surface area contributed by atoms with Gasteiger partial charge in [0.2, 0.25) is 0 Å². The van der Waals surface area contributed by atoms with Gasteiger partial charge in [-0.1, -0.05) is 43.4 Å². The van der Waals surface area contributed by atoms with Gasteiger partial charge in [0.05, 0.1) is 31.0 Å². The number of carbonyl (C=O) groups is 3. The molecule has 2 aromatic carbocycles. The third-order valence-electron chi connectivity index (χ3n) is 7.38. The maximum Gasteiger partial charge on any atom is 0.350 e. The Kier molecular flexibility index (Phi) is 9.05. The van der Waals surface area contributed by atoms with Gasteiger partial charge in [0.15, 0.2) is 16.6 Å². The molecule has 2 unspecified atom stereocenters. The number of ketones is 1. The summed E-state index contributed by atoms with van der Waals surface area (Å²) in [5.74, 6) is -1.11. The highest BCUT2D eigenvalue weighted by Crippen LogP contribution is 2.46. The van der Waals surface area contributed by atoms with E-state index in [0.29, 0.717) is 47.1 Å². The van der Waals surface area contributed by atoms with Gasteiger partial charge in [0.25, 0.3) is 5.78 Å². The number of aromatic nitrogens is 1. The van der Waals surface area contributed by atoms with Crippen LogP contribution in [-0.2, 0) is 20.7 Å². The molecule has 2 aliphatic rings. The number of aliphatic hydroxyl groups is 1. The van der Waals surface area contributed by atoms with Crippen LogP contribution in [0.25, 0.3) is 5.76 Å². The Morgan fingerprint density at radius 1 is 1.23 bits per heavy atom. The molecule has 0 aliphatic carbocycles. The molecule has 0 bridgehead atoms. The number of fused-ring (bicyclic) bond motifs is 1. The Hall–Kier alpha value is -4.64. The van der Waals surface area contributed by atoms with Crippen molar-refractivity contribution in [3.8, 4) is 17.2 Å².